The first-order valence-corrected chi connectivity index (χ1v) is 11.3. The highest BCUT2D eigenvalue weighted by atomic mass is 32.2. The average molecular weight is 433 g/mol. The molecule has 7 nitrogen and oxygen atoms in total. The van der Waals surface area contributed by atoms with Gasteiger partial charge in [-0.1, -0.05) is 35.9 Å². The largest absolute Gasteiger partial charge is 0.493 e. The van der Waals surface area contributed by atoms with Crippen LogP contribution in [0.5, 0.6) is 5.88 Å². The van der Waals surface area contributed by atoms with Crippen LogP contribution in [0.15, 0.2) is 77.8 Å². The molecule has 2 aromatic carbocycles. The van der Waals surface area contributed by atoms with E-state index in [9.17, 15) is 13.5 Å². The second-order valence-electron chi connectivity index (χ2n) is 7.41. The number of anilines is 1. The standard InChI is InChI=1S/C23H20N4O3S/c1-16-9-11-18(12-10-16)31(29,30)26-15-13-20-21(19-8-5-14-24-22(19)26)25-27(23(20)28)17-6-3-2-4-7-17/h2-12,14,28H,13,15H2,1H3. The number of hydrogen-bond donors (Lipinski definition) is 1. The quantitative estimate of drug-likeness (QED) is 0.533. The van der Waals surface area contributed by atoms with Gasteiger partial charge >= 0.3 is 0 Å². The molecule has 0 aliphatic carbocycles. The summed E-state index contributed by atoms with van der Waals surface area (Å²) >= 11 is 0. The maximum atomic E-state index is 13.5. The average Bonchev–Trinajstić information content (AvgIpc) is 3.01. The molecule has 0 spiro atoms. The maximum Gasteiger partial charge on any atom is 0.265 e. The molecular weight excluding hydrogens is 412 g/mol. The number of hydrogen-bond acceptors (Lipinski definition) is 5. The van der Waals surface area contributed by atoms with Gasteiger partial charge in [-0.05, 0) is 49.7 Å². The molecule has 156 valence electrons. The monoisotopic (exact) mass is 432 g/mol. The lowest BCUT2D eigenvalue weighted by Gasteiger charge is -2.23. The second kappa shape index (κ2) is 7.24. The Morgan fingerprint density at radius 3 is 2.45 bits per heavy atom. The third kappa shape index (κ3) is 3.16. The van der Waals surface area contributed by atoms with Gasteiger partial charge in [0.15, 0.2) is 5.82 Å². The normalized spacial score (nSPS) is 13.4. The molecule has 2 aromatic heterocycles. The fraction of sp³-hybridized carbons (Fsp3) is 0.130. The number of nitrogens with zero attached hydrogens (tertiary/aromatic N) is 4. The Morgan fingerprint density at radius 2 is 1.71 bits per heavy atom. The van der Waals surface area contributed by atoms with Crippen LogP contribution in [0.25, 0.3) is 16.9 Å². The van der Waals surface area contributed by atoms with Gasteiger partial charge in [0, 0.05) is 23.9 Å². The van der Waals surface area contributed by atoms with Gasteiger partial charge < -0.3 is 5.11 Å². The third-order valence-corrected chi connectivity index (χ3v) is 7.21. The van der Waals surface area contributed by atoms with Crippen LogP contribution in [-0.4, -0.2) is 34.8 Å². The van der Waals surface area contributed by atoms with Crippen molar-refractivity contribution in [1.82, 2.24) is 14.8 Å². The van der Waals surface area contributed by atoms with E-state index in [0.29, 0.717) is 29.1 Å². The molecule has 0 unspecified atom stereocenters. The molecule has 0 saturated carbocycles. The third-order valence-electron chi connectivity index (χ3n) is 5.41. The van der Waals surface area contributed by atoms with E-state index in [0.717, 1.165) is 11.3 Å². The molecule has 1 N–H and O–H groups in total. The molecule has 0 amide bonds. The minimum absolute atomic E-state index is 0.00517. The number of aromatic nitrogens is 3. The molecule has 4 aromatic rings. The lowest BCUT2D eigenvalue weighted by atomic mass is 10.1. The van der Waals surface area contributed by atoms with Crippen LogP contribution in [0.1, 0.15) is 11.1 Å². The Bertz CT molecular complexity index is 1360. The molecule has 3 heterocycles. The summed E-state index contributed by atoms with van der Waals surface area (Å²) in [4.78, 5) is 4.60. The van der Waals surface area contributed by atoms with Gasteiger partial charge in [-0.2, -0.15) is 5.10 Å². The molecule has 0 atom stereocenters. The molecule has 0 fully saturated rings. The highest BCUT2D eigenvalue weighted by Crippen LogP contribution is 2.40. The van der Waals surface area contributed by atoms with E-state index in [2.05, 4.69) is 10.1 Å². The molecule has 0 radical (unpaired) electrons. The van der Waals surface area contributed by atoms with E-state index in [1.807, 2.05) is 37.3 Å². The lowest BCUT2D eigenvalue weighted by molar-refractivity contribution is 0.428. The highest BCUT2D eigenvalue weighted by molar-refractivity contribution is 7.92. The fourth-order valence-electron chi connectivity index (χ4n) is 3.81. The molecule has 0 saturated heterocycles. The summed E-state index contributed by atoms with van der Waals surface area (Å²) in [6, 6.07) is 19.6. The Hall–Kier alpha value is -3.65. The van der Waals surface area contributed by atoms with Gasteiger partial charge in [-0.3, -0.25) is 0 Å². The van der Waals surface area contributed by atoms with Crippen LogP contribution in [0.2, 0.25) is 0 Å². The predicted molar refractivity (Wildman–Crippen MR) is 118 cm³/mol. The minimum Gasteiger partial charge on any atom is -0.493 e. The van der Waals surface area contributed by atoms with E-state index < -0.39 is 10.0 Å². The van der Waals surface area contributed by atoms with Crippen LogP contribution in [-0.2, 0) is 16.4 Å². The summed E-state index contributed by atoms with van der Waals surface area (Å²) in [7, 11) is -3.83. The van der Waals surface area contributed by atoms with E-state index in [1.54, 1.807) is 42.6 Å². The van der Waals surface area contributed by atoms with Crippen LogP contribution < -0.4 is 4.31 Å². The highest BCUT2D eigenvalue weighted by Gasteiger charge is 2.34. The number of pyridine rings is 1. The van der Waals surface area contributed by atoms with Crippen LogP contribution in [0.4, 0.5) is 5.82 Å². The van der Waals surface area contributed by atoms with E-state index in [1.165, 1.54) is 8.99 Å². The van der Waals surface area contributed by atoms with E-state index in [4.69, 9.17) is 0 Å². The zero-order valence-electron chi connectivity index (χ0n) is 16.8. The molecule has 1 aliphatic rings. The van der Waals surface area contributed by atoms with Gasteiger partial charge in [0.25, 0.3) is 10.0 Å². The summed E-state index contributed by atoms with van der Waals surface area (Å²) in [5.41, 5.74) is 3.40. The van der Waals surface area contributed by atoms with Crippen molar-refractivity contribution in [2.45, 2.75) is 18.2 Å². The Balaban J connectivity index is 1.66. The first-order chi connectivity index (χ1) is 15.0. The molecular formula is C23H20N4O3S. The first-order valence-electron chi connectivity index (χ1n) is 9.88. The van der Waals surface area contributed by atoms with Gasteiger partial charge in [-0.15, -0.1) is 0 Å². The number of para-hydroxylation sites is 1. The van der Waals surface area contributed by atoms with Crippen molar-refractivity contribution >= 4 is 15.8 Å². The van der Waals surface area contributed by atoms with Gasteiger partial charge in [0.2, 0.25) is 5.88 Å². The summed E-state index contributed by atoms with van der Waals surface area (Å²) in [6.45, 7) is 2.05. The Kier molecular flexibility index (Phi) is 4.51. The number of aryl methyl sites for hydroxylation is 1. The van der Waals surface area contributed by atoms with Crippen molar-refractivity contribution in [2.24, 2.45) is 0 Å². The zero-order valence-corrected chi connectivity index (χ0v) is 17.6. The van der Waals surface area contributed by atoms with Crippen LogP contribution in [0, 0.1) is 6.92 Å². The van der Waals surface area contributed by atoms with Crippen LogP contribution in [0.3, 0.4) is 0 Å². The Labute approximate surface area is 180 Å². The van der Waals surface area contributed by atoms with E-state index in [-0.39, 0.29) is 17.3 Å². The number of aromatic hydroxyl groups is 1. The second-order valence-corrected chi connectivity index (χ2v) is 9.28. The minimum atomic E-state index is -3.83. The van der Waals surface area contributed by atoms with E-state index >= 15 is 0 Å². The van der Waals surface area contributed by atoms with Crippen molar-refractivity contribution in [3.63, 3.8) is 0 Å². The fourth-order valence-corrected chi connectivity index (χ4v) is 5.25. The van der Waals surface area contributed by atoms with Crippen LogP contribution >= 0.6 is 0 Å². The van der Waals surface area contributed by atoms with Crippen molar-refractivity contribution in [2.75, 3.05) is 10.8 Å². The number of sulfonamides is 1. The van der Waals surface area contributed by atoms with Crippen molar-refractivity contribution < 1.29 is 13.5 Å². The summed E-state index contributed by atoms with van der Waals surface area (Å²) in [5.74, 6) is 0.310. The number of fused-ring (bicyclic) bond motifs is 3. The van der Waals surface area contributed by atoms with Crippen molar-refractivity contribution in [3.05, 3.63) is 84.1 Å². The predicted octanol–water partition coefficient (Wildman–Crippen LogP) is 3.70. The Morgan fingerprint density at radius 1 is 0.968 bits per heavy atom. The zero-order chi connectivity index (χ0) is 21.6. The van der Waals surface area contributed by atoms with Gasteiger partial charge in [0.05, 0.1) is 10.6 Å². The number of rotatable bonds is 3. The first kappa shape index (κ1) is 19.3. The molecule has 31 heavy (non-hydrogen) atoms. The lowest BCUT2D eigenvalue weighted by Crippen LogP contribution is -2.33. The summed E-state index contributed by atoms with van der Waals surface area (Å²) in [6.07, 6.45) is 1.87. The topological polar surface area (TPSA) is 88.3 Å². The molecule has 1 aliphatic heterocycles. The van der Waals surface area contributed by atoms with Crippen molar-refractivity contribution in [1.29, 1.82) is 0 Å². The summed E-state index contributed by atoms with van der Waals surface area (Å²) < 4.78 is 29.7. The smallest absolute Gasteiger partial charge is 0.265 e. The summed E-state index contributed by atoms with van der Waals surface area (Å²) in [5, 5.41) is 15.6. The molecule has 8 heteroatoms. The number of benzene rings is 2. The van der Waals surface area contributed by atoms with Crippen molar-refractivity contribution in [3.8, 4) is 22.8 Å². The molecule has 0 bridgehead atoms. The SMILES string of the molecule is Cc1ccc(S(=O)(=O)N2CCc3c(nn(-c4ccccc4)c3O)-c3cccnc32)cc1. The molecule has 5 rings (SSSR count). The van der Waals surface area contributed by atoms with Gasteiger partial charge in [-0.25, -0.2) is 22.4 Å². The maximum absolute atomic E-state index is 13.5. The van der Waals surface area contributed by atoms with Gasteiger partial charge in [0.1, 0.15) is 5.69 Å².